The van der Waals surface area contributed by atoms with Crippen molar-refractivity contribution in [2.75, 3.05) is 6.61 Å². The smallest absolute Gasteiger partial charge is 0.158 e. The van der Waals surface area contributed by atoms with Crippen molar-refractivity contribution < 1.29 is 9.47 Å². The molecule has 1 fully saturated rings. The quantitative estimate of drug-likeness (QED) is 0.734. The van der Waals surface area contributed by atoms with Crippen molar-refractivity contribution in [2.24, 2.45) is 0 Å². The second-order valence-electron chi connectivity index (χ2n) is 4.98. The summed E-state index contributed by atoms with van der Waals surface area (Å²) in [7, 11) is 0. The summed E-state index contributed by atoms with van der Waals surface area (Å²) in [6.45, 7) is 9.10. The molecule has 0 aliphatic carbocycles. The van der Waals surface area contributed by atoms with Gasteiger partial charge in [-0.3, -0.25) is 0 Å². The molecule has 0 aromatic rings. The molecule has 3 heteroatoms. The molecule has 1 unspecified atom stereocenters. The summed E-state index contributed by atoms with van der Waals surface area (Å²) in [5, 5.41) is 0. The van der Waals surface area contributed by atoms with E-state index in [0.717, 1.165) is 19.4 Å². The summed E-state index contributed by atoms with van der Waals surface area (Å²) in [5.41, 5.74) is -0.266. The largest absolute Gasteiger partial charge is 0.353 e. The highest BCUT2D eigenvalue weighted by atomic mass is 32.1. The Hall–Kier alpha value is 0.270. The Labute approximate surface area is 92.8 Å². The van der Waals surface area contributed by atoms with Crippen molar-refractivity contribution >= 4 is 12.6 Å². The molecule has 0 spiro atoms. The van der Waals surface area contributed by atoms with Crippen molar-refractivity contribution in [2.45, 2.75) is 63.6 Å². The van der Waals surface area contributed by atoms with Gasteiger partial charge in [0.25, 0.3) is 0 Å². The van der Waals surface area contributed by atoms with E-state index in [0.29, 0.717) is 0 Å². The van der Waals surface area contributed by atoms with Gasteiger partial charge < -0.3 is 9.47 Å². The maximum atomic E-state index is 5.94. The standard InChI is InChI=1S/C11H22O2S/c1-10(2,11(3,4)14)13-9-7-5-6-8-12-9/h9,14H,5-8H2,1-4H3. The molecule has 2 nitrogen and oxygen atoms in total. The average Bonchev–Trinajstić information content (AvgIpc) is 2.03. The van der Waals surface area contributed by atoms with Crippen LogP contribution in [0, 0.1) is 0 Å². The molecule has 1 aliphatic heterocycles. The van der Waals surface area contributed by atoms with Gasteiger partial charge in [-0.15, -0.1) is 0 Å². The van der Waals surface area contributed by atoms with Crippen LogP contribution in [0.5, 0.6) is 0 Å². The number of rotatable bonds is 3. The van der Waals surface area contributed by atoms with Gasteiger partial charge in [-0.2, -0.15) is 12.6 Å². The normalized spacial score (nSPS) is 25.1. The van der Waals surface area contributed by atoms with Gasteiger partial charge in [-0.05, 0) is 47.0 Å². The van der Waals surface area contributed by atoms with E-state index in [-0.39, 0.29) is 16.6 Å². The van der Waals surface area contributed by atoms with Crippen LogP contribution >= 0.6 is 12.6 Å². The first kappa shape index (κ1) is 12.3. The van der Waals surface area contributed by atoms with Gasteiger partial charge in [0, 0.05) is 11.4 Å². The molecule has 0 aromatic heterocycles. The molecule has 0 N–H and O–H groups in total. The fraction of sp³-hybridized carbons (Fsp3) is 1.00. The summed E-state index contributed by atoms with van der Waals surface area (Å²) in [5.74, 6) is 0. The van der Waals surface area contributed by atoms with E-state index >= 15 is 0 Å². The predicted octanol–water partition coefficient (Wildman–Crippen LogP) is 3.02. The van der Waals surface area contributed by atoms with Crippen molar-refractivity contribution in [3.8, 4) is 0 Å². The van der Waals surface area contributed by atoms with Crippen molar-refractivity contribution in [1.82, 2.24) is 0 Å². The second-order valence-corrected chi connectivity index (χ2v) is 6.10. The summed E-state index contributed by atoms with van der Waals surface area (Å²) in [6, 6.07) is 0. The van der Waals surface area contributed by atoms with Crippen molar-refractivity contribution in [3.05, 3.63) is 0 Å². The average molecular weight is 218 g/mol. The molecule has 0 aromatic carbocycles. The Kier molecular flexibility index (Phi) is 3.89. The first-order valence-corrected chi connectivity index (χ1v) is 5.79. The van der Waals surface area contributed by atoms with Crippen LogP contribution in [0.2, 0.25) is 0 Å². The first-order chi connectivity index (χ1) is 6.33. The number of ether oxygens (including phenoxy) is 2. The molecule has 1 atom stereocenters. The van der Waals surface area contributed by atoms with Gasteiger partial charge in [-0.25, -0.2) is 0 Å². The van der Waals surface area contributed by atoms with Gasteiger partial charge >= 0.3 is 0 Å². The van der Waals surface area contributed by atoms with E-state index in [1.165, 1.54) is 6.42 Å². The van der Waals surface area contributed by atoms with Gasteiger partial charge in [0.05, 0.1) is 5.60 Å². The molecule has 0 amide bonds. The van der Waals surface area contributed by atoms with E-state index in [2.05, 4.69) is 40.3 Å². The molecular weight excluding hydrogens is 196 g/mol. The molecular formula is C11H22O2S. The van der Waals surface area contributed by atoms with Crippen molar-refractivity contribution in [1.29, 1.82) is 0 Å². The summed E-state index contributed by atoms with van der Waals surface area (Å²) in [6.07, 6.45) is 3.33. The van der Waals surface area contributed by atoms with Gasteiger partial charge in [-0.1, -0.05) is 0 Å². The van der Waals surface area contributed by atoms with E-state index in [4.69, 9.17) is 9.47 Å². The summed E-state index contributed by atoms with van der Waals surface area (Å²) in [4.78, 5) is 0. The third-order valence-corrected chi connectivity index (χ3v) is 3.58. The molecule has 1 saturated heterocycles. The zero-order valence-corrected chi connectivity index (χ0v) is 10.6. The van der Waals surface area contributed by atoms with Crippen LogP contribution in [0.15, 0.2) is 0 Å². The molecule has 1 aliphatic rings. The van der Waals surface area contributed by atoms with E-state index in [1.807, 2.05) is 0 Å². The van der Waals surface area contributed by atoms with Gasteiger partial charge in [0.15, 0.2) is 6.29 Å². The number of hydrogen-bond acceptors (Lipinski definition) is 3. The fourth-order valence-corrected chi connectivity index (χ4v) is 1.33. The third-order valence-electron chi connectivity index (χ3n) is 3.04. The van der Waals surface area contributed by atoms with Crippen LogP contribution < -0.4 is 0 Å². The minimum absolute atomic E-state index is 0.0369. The number of thiol groups is 1. The maximum absolute atomic E-state index is 5.94. The highest BCUT2D eigenvalue weighted by molar-refractivity contribution is 7.81. The minimum atomic E-state index is -0.266. The van der Waals surface area contributed by atoms with E-state index in [9.17, 15) is 0 Å². The Morgan fingerprint density at radius 1 is 1.21 bits per heavy atom. The van der Waals surface area contributed by atoms with E-state index in [1.54, 1.807) is 0 Å². The maximum Gasteiger partial charge on any atom is 0.158 e. The summed E-state index contributed by atoms with van der Waals surface area (Å²) < 4.78 is 11.3. The summed E-state index contributed by atoms with van der Waals surface area (Å²) >= 11 is 4.55. The Balaban J connectivity index is 2.49. The van der Waals surface area contributed by atoms with Crippen LogP contribution in [0.25, 0.3) is 0 Å². The SMILES string of the molecule is CC(C)(S)C(C)(C)OC1CCCCO1. The number of hydrogen-bond donors (Lipinski definition) is 1. The Morgan fingerprint density at radius 3 is 2.29 bits per heavy atom. The van der Waals surface area contributed by atoms with Gasteiger partial charge in [0.2, 0.25) is 0 Å². The van der Waals surface area contributed by atoms with Crippen molar-refractivity contribution in [3.63, 3.8) is 0 Å². The van der Waals surface area contributed by atoms with Crippen LogP contribution in [-0.2, 0) is 9.47 Å². The zero-order chi connectivity index (χ0) is 10.8. The molecule has 0 bridgehead atoms. The molecule has 84 valence electrons. The monoisotopic (exact) mass is 218 g/mol. The van der Waals surface area contributed by atoms with Crippen LogP contribution in [0.1, 0.15) is 47.0 Å². The van der Waals surface area contributed by atoms with Crippen LogP contribution in [-0.4, -0.2) is 23.2 Å². The topological polar surface area (TPSA) is 18.5 Å². The van der Waals surface area contributed by atoms with Crippen LogP contribution in [0.3, 0.4) is 0 Å². The lowest BCUT2D eigenvalue weighted by Crippen LogP contribution is -2.46. The lowest BCUT2D eigenvalue weighted by molar-refractivity contribution is -0.221. The Bertz CT molecular complexity index is 178. The first-order valence-electron chi connectivity index (χ1n) is 5.35. The van der Waals surface area contributed by atoms with Gasteiger partial charge in [0.1, 0.15) is 0 Å². The molecule has 1 rings (SSSR count). The molecule has 1 heterocycles. The predicted molar refractivity (Wildman–Crippen MR) is 61.8 cm³/mol. The Morgan fingerprint density at radius 2 is 1.86 bits per heavy atom. The zero-order valence-electron chi connectivity index (χ0n) is 9.67. The van der Waals surface area contributed by atoms with E-state index < -0.39 is 0 Å². The van der Waals surface area contributed by atoms with Crippen LogP contribution in [0.4, 0.5) is 0 Å². The fourth-order valence-electron chi connectivity index (χ4n) is 1.28. The molecule has 14 heavy (non-hydrogen) atoms. The highest BCUT2D eigenvalue weighted by Gasteiger charge is 2.37. The molecule has 0 radical (unpaired) electrons. The lowest BCUT2D eigenvalue weighted by Gasteiger charge is -2.41. The minimum Gasteiger partial charge on any atom is -0.353 e. The lowest BCUT2D eigenvalue weighted by atomic mass is 9.93. The second kappa shape index (κ2) is 4.42. The third kappa shape index (κ3) is 3.14. The highest BCUT2D eigenvalue weighted by Crippen LogP contribution is 2.33. The molecule has 0 saturated carbocycles.